The van der Waals surface area contributed by atoms with Crippen molar-refractivity contribution in [2.75, 3.05) is 11.4 Å². The van der Waals surface area contributed by atoms with E-state index in [9.17, 15) is 14.7 Å². The maximum Gasteiger partial charge on any atom is 0.411 e. The third-order valence-corrected chi connectivity index (χ3v) is 4.60. The molecule has 0 spiro atoms. The van der Waals surface area contributed by atoms with Crippen LogP contribution in [0, 0.1) is 0 Å². The highest BCUT2D eigenvalue weighted by Gasteiger charge is 2.25. The number of carbonyl (C=O) groups is 1. The second-order valence-corrected chi connectivity index (χ2v) is 6.43. The summed E-state index contributed by atoms with van der Waals surface area (Å²) in [6.45, 7) is 4.37. The van der Waals surface area contributed by atoms with Crippen LogP contribution in [-0.2, 0) is 6.42 Å². The van der Waals surface area contributed by atoms with Crippen molar-refractivity contribution in [2.45, 2.75) is 26.3 Å². The van der Waals surface area contributed by atoms with Gasteiger partial charge in [0.05, 0.1) is 16.9 Å². The van der Waals surface area contributed by atoms with E-state index in [0.717, 1.165) is 11.1 Å². The van der Waals surface area contributed by atoms with Crippen LogP contribution in [0.25, 0.3) is 16.9 Å². The van der Waals surface area contributed by atoms with E-state index < -0.39 is 6.09 Å². The highest BCUT2D eigenvalue weighted by Crippen LogP contribution is 2.30. The first-order chi connectivity index (χ1) is 12.0. The van der Waals surface area contributed by atoms with E-state index in [1.807, 2.05) is 32.0 Å². The molecule has 4 rings (SSSR count). The van der Waals surface area contributed by atoms with E-state index in [-0.39, 0.29) is 11.7 Å². The quantitative estimate of drug-likeness (QED) is 0.779. The fourth-order valence-corrected chi connectivity index (χ4v) is 3.51. The van der Waals surface area contributed by atoms with Gasteiger partial charge in [0.2, 0.25) is 0 Å². The second-order valence-electron chi connectivity index (χ2n) is 6.43. The monoisotopic (exact) mass is 338 g/mol. The van der Waals surface area contributed by atoms with Crippen molar-refractivity contribution >= 4 is 22.9 Å². The van der Waals surface area contributed by atoms with Crippen molar-refractivity contribution in [3.8, 4) is 5.69 Å². The van der Waals surface area contributed by atoms with Crippen molar-refractivity contribution in [2.24, 2.45) is 0 Å². The number of amides is 1. The standard InChI is InChI=1S/C18H18N4O3/c1-11(2)21-15-4-3-8-19-16(15)22(17(21)23)13-5-6-14-12(10-13)7-9-20(14)18(24)25/h3-6,8,10-11H,7,9H2,1-2H3,(H,24,25). The number of pyridine rings is 1. The van der Waals surface area contributed by atoms with Gasteiger partial charge in [0.15, 0.2) is 5.65 Å². The van der Waals surface area contributed by atoms with E-state index in [2.05, 4.69) is 4.98 Å². The Morgan fingerprint density at radius 1 is 1.28 bits per heavy atom. The molecule has 0 saturated heterocycles. The molecule has 1 aliphatic rings. The van der Waals surface area contributed by atoms with Crippen LogP contribution in [0.15, 0.2) is 41.3 Å². The maximum atomic E-state index is 13.0. The third kappa shape index (κ3) is 2.23. The zero-order valence-corrected chi connectivity index (χ0v) is 14.0. The van der Waals surface area contributed by atoms with Gasteiger partial charge >= 0.3 is 11.8 Å². The number of nitrogens with zero attached hydrogens (tertiary/aromatic N) is 4. The van der Waals surface area contributed by atoms with Crippen molar-refractivity contribution < 1.29 is 9.90 Å². The Hall–Kier alpha value is -3.09. The van der Waals surface area contributed by atoms with Gasteiger partial charge in [-0.2, -0.15) is 0 Å². The average Bonchev–Trinajstić information content (AvgIpc) is 3.12. The molecule has 1 aromatic carbocycles. The molecule has 1 aliphatic heterocycles. The van der Waals surface area contributed by atoms with Gasteiger partial charge < -0.3 is 5.11 Å². The number of benzene rings is 1. The van der Waals surface area contributed by atoms with Crippen LogP contribution < -0.4 is 10.6 Å². The van der Waals surface area contributed by atoms with Crippen molar-refractivity contribution in [3.63, 3.8) is 0 Å². The number of fused-ring (bicyclic) bond motifs is 2. The summed E-state index contributed by atoms with van der Waals surface area (Å²) in [5, 5.41) is 9.25. The van der Waals surface area contributed by atoms with Crippen molar-refractivity contribution in [1.82, 2.24) is 14.1 Å². The zero-order chi connectivity index (χ0) is 17.7. The summed E-state index contributed by atoms with van der Waals surface area (Å²) in [5.41, 5.74) is 3.57. The van der Waals surface area contributed by atoms with Crippen LogP contribution in [0.2, 0.25) is 0 Å². The highest BCUT2D eigenvalue weighted by atomic mass is 16.4. The molecular weight excluding hydrogens is 320 g/mol. The largest absolute Gasteiger partial charge is 0.465 e. The van der Waals surface area contributed by atoms with Crippen LogP contribution in [0.4, 0.5) is 10.5 Å². The smallest absolute Gasteiger partial charge is 0.411 e. The summed E-state index contributed by atoms with van der Waals surface area (Å²) in [6.07, 6.45) is 1.35. The number of anilines is 1. The Morgan fingerprint density at radius 3 is 2.80 bits per heavy atom. The Bertz CT molecular complexity index is 1050. The lowest BCUT2D eigenvalue weighted by Crippen LogP contribution is -2.26. The Balaban J connectivity index is 1.94. The lowest BCUT2D eigenvalue weighted by molar-refractivity contribution is 0.202. The number of carboxylic acid groups (broad SMARTS) is 1. The first kappa shape index (κ1) is 15.4. The molecule has 25 heavy (non-hydrogen) atoms. The average molecular weight is 338 g/mol. The van der Waals surface area contributed by atoms with Crippen LogP contribution in [0.5, 0.6) is 0 Å². The molecule has 0 bridgehead atoms. The summed E-state index contributed by atoms with van der Waals surface area (Å²) < 4.78 is 3.32. The SMILES string of the molecule is CC(C)n1c(=O)n(-c2ccc3c(c2)CCN3C(=O)O)c2ncccc21. The topological polar surface area (TPSA) is 80.4 Å². The maximum absolute atomic E-state index is 13.0. The minimum absolute atomic E-state index is 0.0115. The minimum atomic E-state index is -0.957. The van der Waals surface area contributed by atoms with Gasteiger partial charge in [-0.3, -0.25) is 9.47 Å². The van der Waals surface area contributed by atoms with E-state index in [1.165, 1.54) is 4.90 Å². The number of aromatic nitrogens is 3. The van der Waals surface area contributed by atoms with Gasteiger partial charge in [0, 0.05) is 18.8 Å². The molecule has 1 N–H and O–H groups in total. The third-order valence-electron chi connectivity index (χ3n) is 4.60. The zero-order valence-electron chi connectivity index (χ0n) is 14.0. The molecular formula is C18H18N4O3. The van der Waals surface area contributed by atoms with Gasteiger partial charge in [-0.1, -0.05) is 0 Å². The summed E-state index contributed by atoms with van der Waals surface area (Å²) in [5.74, 6) is 0. The molecule has 1 amide bonds. The van der Waals surface area contributed by atoms with Gasteiger partial charge in [-0.15, -0.1) is 0 Å². The molecule has 128 valence electrons. The first-order valence-corrected chi connectivity index (χ1v) is 8.20. The minimum Gasteiger partial charge on any atom is -0.465 e. The molecule has 3 aromatic rings. The predicted octanol–water partition coefficient (Wildman–Crippen LogP) is 2.81. The molecule has 0 fully saturated rings. The molecule has 0 atom stereocenters. The Morgan fingerprint density at radius 2 is 2.08 bits per heavy atom. The molecule has 0 aliphatic carbocycles. The fourth-order valence-electron chi connectivity index (χ4n) is 3.51. The van der Waals surface area contributed by atoms with Crippen LogP contribution in [0.1, 0.15) is 25.5 Å². The number of imidazole rings is 1. The molecule has 0 radical (unpaired) electrons. The first-order valence-electron chi connectivity index (χ1n) is 8.20. The number of hydrogen-bond acceptors (Lipinski definition) is 3. The molecule has 7 nitrogen and oxygen atoms in total. The molecule has 0 saturated carbocycles. The predicted molar refractivity (Wildman–Crippen MR) is 94.8 cm³/mol. The van der Waals surface area contributed by atoms with Gasteiger partial charge in [-0.25, -0.2) is 19.1 Å². The lowest BCUT2D eigenvalue weighted by atomic mass is 10.1. The summed E-state index contributed by atoms with van der Waals surface area (Å²) in [4.78, 5) is 30.0. The normalized spacial score (nSPS) is 13.6. The van der Waals surface area contributed by atoms with E-state index in [1.54, 1.807) is 27.5 Å². The summed E-state index contributed by atoms with van der Waals surface area (Å²) in [7, 11) is 0. The Labute approximate surface area is 143 Å². The molecule has 2 aromatic heterocycles. The second kappa shape index (κ2) is 5.47. The molecule has 7 heteroatoms. The van der Waals surface area contributed by atoms with Crippen LogP contribution in [-0.4, -0.2) is 31.9 Å². The number of rotatable bonds is 2. The van der Waals surface area contributed by atoms with Gasteiger partial charge in [0.25, 0.3) is 0 Å². The van der Waals surface area contributed by atoms with Crippen LogP contribution >= 0.6 is 0 Å². The van der Waals surface area contributed by atoms with E-state index >= 15 is 0 Å². The number of hydrogen-bond donors (Lipinski definition) is 1. The lowest BCUT2D eigenvalue weighted by Gasteiger charge is -2.13. The van der Waals surface area contributed by atoms with Crippen molar-refractivity contribution in [3.05, 3.63) is 52.6 Å². The molecule has 3 heterocycles. The van der Waals surface area contributed by atoms with E-state index in [0.29, 0.717) is 30.0 Å². The van der Waals surface area contributed by atoms with Gasteiger partial charge in [-0.05, 0) is 56.2 Å². The van der Waals surface area contributed by atoms with Crippen LogP contribution in [0.3, 0.4) is 0 Å². The summed E-state index contributed by atoms with van der Waals surface area (Å²) >= 11 is 0. The van der Waals surface area contributed by atoms with E-state index in [4.69, 9.17) is 0 Å². The fraction of sp³-hybridized carbons (Fsp3) is 0.278. The van der Waals surface area contributed by atoms with Crippen molar-refractivity contribution in [1.29, 1.82) is 0 Å². The summed E-state index contributed by atoms with van der Waals surface area (Å²) in [6, 6.07) is 9.15. The highest BCUT2D eigenvalue weighted by molar-refractivity contribution is 5.89. The molecule has 0 unspecified atom stereocenters. The Kier molecular flexibility index (Phi) is 3.38. The van der Waals surface area contributed by atoms with Gasteiger partial charge in [0.1, 0.15) is 0 Å².